The number of anilines is 2. The zero-order valence-electron chi connectivity index (χ0n) is 16.3. The standard InChI is InChI=1S/C18H24F3N5O3/c1-4-29-14-5-6-16(15(7-14)18(19,20)21)24-17(28)23-12-8-22-26(9-12)11-13(27)10-25(2)3/h5-9,13,27H,4,10-11H2,1-3H3,(H2,23,24,28). The van der Waals surface area contributed by atoms with Gasteiger partial charge in [0.1, 0.15) is 5.75 Å². The van der Waals surface area contributed by atoms with Gasteiger partial charge in [0, 0.05) is 12.7 Å². The van der Waals surface area contributed by atoms with Crippen molar-refractivity contribution in [1.29, 1.82) is 0 Å². The van der Waals surface area contributed by atoms with E-state index in [9.17, 15) is 23.1 Å². The molecular weight excluding hydrogens is 391 g/mol. The number of halogens is 3. The molecule has 0 aliphatic heterocycles. The van der Waals surface area contributed by atoms with E-state index in [1.54, 1.807) is 6.92 Å². The molecule has 0 aliphatic rings. The van der Waals surface area contributed by atoms with E-state index >= 15 is 0 Å². The highest BCUT2D eigenvalue weighted by Crippen LogP contribution is 2.37. The lowest BCUT2D eigenvalue weighted by molar-refractivity contribution is -0.137. The van der Waals surface area contributed by atoms with Crippen LogP contribution in [0.1, 0.15) is 12.5 Å². The number of amides is 2. The number of ether oxygens (including phenoxy) is 1. The molecule has 1 aromatic heterocycles. The lowest BCUT2D eigenvalue weighted by atomic mass is 10.1. The third-order valence-corrected chi connectivity index (χ3v) is 3.72. The Kier molecular flexibility index (Phi) is 7.46. The van der Waals surface area contributed by atoms with E-state index in [2.05, 4.69) is 15.7 Å². The van der Waals surface area contributed by atoms with Gasteiger partial charge in [0.05, 0.1) is 42.4 Å². The zero-order valence-corrected chi connectivity index (χ0v) is 16.3. The highest BCUT2D eigenvalue weighted by atomic mass is 19.4. The van der Waals surface area contributed by atoms with E-state index in [0.717, 1.165) is 12.1 Å². The van der Waals surface area contributed by atoms with Crippen molar-refractivity contribution in [1.82, 2.24) is 14.7 Å². The molecule has 1 unspecified atom stereocenters. The van der Waals surface area contributed by atoms with Crippen LogP contribution in [-0.2, 0) is 12.7 Å². The minimum atomic E-state index is -4.66. The van der Waals surface area contributed by atoms with E-state index in [0.29, 0.717) is 6.54 Å². The number of rotatable bonds is 8. The van der Waals surface area contributed by atoms with Crippen LogP contribution in [0.2, 0.25) is 0 Å². The fourth-order valence-corrected chi connectivity index (χ4v) is 2.63. The van der Waals surface area contributed by atoms with Crippen LogP contribution in [0.15, 0.2) is 30.6 Å². The van der Waals surface area contributed by atoms with Crippen LogP contribution >= 0.6 is 0 Å². The maximum atomic E-state index is 13.3. The smallest absolute Gasteiger partial charge is 0.418 e. The summed E-state index contributed by atoms with van der Waals surface area (Å²) in [6, 6.07) is 2.46. The summed E-state index contributed by atoms with van der Waals surface area (Å²) in [7, 11) is 3.64. The SMILES string of the molecule is CCOc1ccc(NC(=O)Nc2cnn(CC(O)CN(C)C)c2)c(C(F)(F)F)c1. The van der Waals surface area contributed by atoms with Gasteiger partial charge >= 0.3 is 12.2 Å². The lowest BCUT2D eigenvalue weighted by Crippen LogP contribution is -2.29. The molecular formula is C18H24F3N5O3. The van der Waals surface area contributed by atoms with Gasteiger partial charge in [-0.25, -0.2) is 4.79 Å². The third-order valence-electron chi connectivity index (χ3n) is 3.72. The quantitative estimate of drug-likeness (QED) is 0.617. The molecule has 160 valence electrons. The van der Waals surface area contributed by atoms with Crippen molar-refractivity contribution in [2.45, 2.75) is 25.7 Å². The summed E-state index contributed by atoms with van der Waals surface area (Å²) >= 11 is 0. The lowest BCUT2D eigenvalue weighted by Gasteiger charge is -2.16. The average Bonchev–Trinajstić information content (AvgIpc) is 3.01. The first-order chi connectivity index (χ1) is 13.6. The Morgan fingerprint density at radius 3 is 2.69 bits per heavy atom. The number of aromatic nitrogens is 2. The number of nitrogens with zero attached hydrogens (tertiary/aromatic N) is 3. The summed E-state index contributed by atoms with van der Waals surface area (Å²) in [6.07, 6.45) is -2.51. The van der Waals surface area contributed by atoms with E-state index in [4.69, 9.17) is 4.74 Å². The van der Waals surface area contributed by atoms with Crippen LogP contribution in [0.3, 0.4) is 0 Å². The first-order valence-corrected chi connectivity index (χ1v) is 8.85. The number of likely N-dealkylation sites (N-methyl/N-ethyl adjacent to an activating group) is 1. The molecule has 1 heterocycles. The third kappa shape index (κ3) is 6.95. The molecule has 0 bridgehead atoms. The second-order valence-electron chi connectivity index (χ2n) is 6.58. The Morgan fingerprint density at radius 1 is 1.34 bits per heavy atom. The molecule has 11 heteroatoms. The number of hydrogen-bond acceptors (Lipinski definition) is 5. The molecule has 1 atom stereocenters. The summed E-state index contributed by atoms with van der Waals surface area (Å²) in [6.45, 7) is 2.52. The predicted molar refractivity (Wildman–Crippen MR) is 102 cm³/mol. The first-order valence-electron chi connectivity index (χ1n) is 8.85. The summed E-state index contributed by atoms with van der Waals surface area (Å²) < 4.78 is 46.4. The normalized spacial score (nSPS) is 12.7. The molecule has 0 saturated carbocycles. The van der Waals surface area contributed by atoms with Gasteiger partial charge in [0.2, 0.25) is 0 Å². The highest BCUT2D eigenvalue weighted by molar-refractivity contribution is 6.00. The molecule has 0 spiro atoms. The molecule has 8 nitrogen and oxygen atoms in total. The summed E-state index contributed by atoms with van der Waals surface area (Å²) in [5, 5.41) is 18.5. The Labute approximate surface area is 166 Å². The van der Waals surface area contributed by atoms with Gasteiger partial charge in [-0.3, -0.25) is 4.68 Å². The number of aliphatic hydroxyl groups excluding tert-OH is 1. The van der Waals surface area contributed by atoms with E-state index in [1.807, 2.05) is 19.0 Å². The number of benzene rings is 1. The number of hydrogen-bond donors (Lipinski definition) is 3. The average molecular weight is 415 g/mol. The summed E-state index contributed by atoms with van der Waals surface area (Å²) in [5.41, 5.74) is -1.13. The van der Waals surface area contributed by atoms with Gasteiger partial charge < -0.3 is 25.4 Å². The Balaban J connectivity index is 2.04. The molecule has 0 saturated heterocycles. The van der Waals surface area contributed by atoms with Crippen LogP contribution in [0.5, 0.6) is 5.75 Å². The van der Waals surface area contributed by atoms with Crippen LogP contribution in [-0.4, -0.2) is 59.2 Å². The van der Waals surface area contributed by atoms with Crippen molar-refractivity contribution >= 4 is 17.4 Å². The van der Waals surface area contributed by atoms with Gasteiger partial charge in [-0.2, -0.15) is 18.3 Å². The second-order valence-corrected chi connectivity index (χ2v) is 6.58. The fraction of sp³-hybridized carbons (Fsp3) is 0.444. The number of carbonyl (C=O) groups is 1. The van der Waals surface area contributed by atoms with E-state index in [-0.39, 0.29) is 24.6 Å². The molecule has 0 aliphatic carbocycles. The van der Waals surface area contributed by atoms with Crippen molar-refractivity contribution in [2.75, 3.05) is 37.9 Å². The number of nitrogens with one attached hydrogen (secondary N) is 2. The summed E-state index contributed by atoms with van der Waals surface area (Å²) in [5.74, 6) is 0.0586. The van der Waals surface area contributed by atoms with Gasteiger partial charge in [0.15, 0.2) is 0 Å². The van der Waals surface area contributed by atoms with Crippen LogP contribution in [0.4, 0.5) is 29.3 Å². The summed E-state index contributed by atoms with van der Waals surface area (Å²) in [4.78, 5) is 14.0. The first kappa shape index (κ1) is 22.5. The van der Waals surface area contributed by atoms with Gasteiger partial charge in [-0.05, 0) is 39.2 Å². The number of alkyl halides is 3. The largest absolute Gasteiger partial charge is 0.494 e. The van der Waals surface area contributed by atoms with Crippen molar-refractivity contribution in [3.05, 3.63) is 36.2 Å². The molecule has 0 fully saturated rings. The maximum Gasteiger partial charge on any atom is 0.418 e. The Hall–Kier alpha value is -2.79. The highest BCUT2D eigenvalue weighted by Gasteiger charge is 2.34. The molecule has 29 heavy (non-hydrogen) atoms. The molecule has 2 amide bonds. The minimum Gasteiger partial charge on any atom is -0.494 e. The second kappa shape index (κ2) is 9.61. The molecule has 3 N–H and O–H groups in total. The van der Waals surface area contributed by atoms with Gasteiger partial charge in [0.25, 0.3) is 0 Å². The molecule has 1 aromatic carbocycles. The predicted octanol–water partition coefficient (Wildman–Crippen LogP) is 2.87. The fourth-order valence-electron chi connectivity index (χ4n) is 2.63. The zero-order chi connectivity index (χ0) is 21.6. The van der Waals surface area contributed by atoms with Crippen LogP contribution in [0.25, 0.3) is 0 Å². The van der Waals surface area contributed by atoms with E-state index in [1.165, 1.54) is 23.1 Å². The van der Waals surface area contributed by atoms with Crippen molar-refractivity contribution in [2.24, 2.45) is 0 Å². The minimum absolute atomic E-state index is 0.0586. The van der Waals surface area contributed by atoms with Gasteiger partial charge in [-0.1, -0.05) is 0 Å². The van der Waals surface area contributed by atoms with E-state index < -0.39 is 29.6 Å². The molecule has 2 aromatic rings. The Bertz CT molecular complexity index is 823. The monoisotopic (exact) mass is 415 g/mol. The topological polar surface area (TPSA) is 91.7 Å². The van der Waals surface area contributed by atoms with Crippen molar-refractivity contribution in [3.8, 4) is 5.75 Å². The van der Waals surface area contributed by atoms with Gasteiger partial charge in [-0.15, -0.1) is 0 Å². The number of aliphatic hydroxyl groups is 1. The van der Waals surface area contributed by atoms with Crippen molar-refractivity contribution in [3.63, 3.8) is 0 Å². The van der Waals surface area contributed by atoms with Crippen LogP contribution in [0, 0.1) is 0 Å². The molecule has 0 radical (unpaired) electrons. The van der Waals surface area contributed by atoms with Crippen molar-refractivity contribution < 1.29 is 27.8 Å². The maximum absolute atomic E-state index is 13.3. The number of urea groups is 1. The molecule has 2 rings (SSSR count). The Morgan fingerprint density at radius 2 is 2.07 bits per heavy atom. The van der Waals surface area contributed by atoms with Crippen LogP contribution < -0.4 is 15.4 Å². The number of carbonyl (C=O) groups excluding carboxylic acids is 1.